The third kappa shape index (κ3) is 2.38. The Balaban J connectivity index is 2.33. The molecular formula is C15H23NO2. The molecule has 0 aliphatic carbocycles. The van der Waals surface area contributed by atoms with Crippen molar-refractivity contribution in [2.75, 3.05) is 33.9 Å². The molecule has 0 radical (unpaired) electrons. The zero-order valence-electron chi connectivity index (χ0n) is 11.6. The first kappa shape index (κ1) is 13.4. The molecule has 1 N–H and O–H groups in total. The van der Waals surface area contributed by atoms with Gasteiger partial charge in [-0.3, -0.25) is 0 Å². The molecule has 0 spiro atoms. The number of benzene rings is 1. The number of hydrogen-bond donors (Lipinski definition) is 1. The van der Waals surface area contributed by atoms with E-state index in [9.17, 15) is 0 Å². The van der Waals surface area contributed by atoms with Crippen LogP contribution in [0.2, 0.25) is 0 Å². The third-order valence-corrected chi connectivity index (χ3v) is 3.85. The highest BCUT2D eigenvalue weighted by molar-refractivity contribution is 5.44. The topological polar surface area (TPSA) is 30.5 Å². The minimum Gasteiger partial charge on any atom is -0.496 e. The van der Waals surface area contributed by atoms with Crippen molar-refractivity contribution in [2.24, 2.45) is 0 Å². The Morgan fingerprint density at radius 1 is 1.39 bits per heavy atom. The van der Waals surface area contributed by atoms with Crippen LogP contribution >= 0.6 is 0 Å². The highest BCUT2D eigenvalue weighted by Gasteiger charge is 2.41. The van der Waals surface area contributed by atoms with Crippen LogP contribution in [0.5, 0.6) is 5.75 Å². The fourth-order valence-electron chi connectivity index (χ4n) is 2.54. The van der Waals surface area contributed by atoms with Crippen molar-refractivity contribution in [3.8, 4) is 5.75 Å². The fraction of sp³-hybridized carbons (Fsp3) is 0.600. The minimum absolute atomic E-state index is 0.138. The van der Waals surface area contributed by atoms with Gasteiger partial charge in [-0.05, 0) is 38.1 Å². The first-order valence-corrected chi connectivity index (χ1v) is 6.65. The molecule has 1 saturated heterocycles. The summed E-state index contributed by atoms with van der Waals surface area (Å²) in [5.41, 5.74) is 2.81. The largest absolute Gasteiger partial charge is 0.496 e. The summed E-state index contributed by atoms with van der Waals surface area (Å²) in [6.07, 6.45) is 2.15. The monoisotopic (exact) mass is 249 g/mol. The van der Waals surface area contributed by atoms with Crippen LogP contribution in [0, 0.1) is 0 Å². The smallest absolute Gasteiger partial charge is 0.122 e. The number of aryl methyl sites for hydroxylation is 1. The van der Waals surface area contributed by atoms with E-state index in [0.717, 1.165) is 38.3 Å². The highest BCUT2D eigenvalue weighted by Crippen LogP contribution is 2.41. The van der Waals surface area contributed by atoms with Crippen LogP contribution < -0.4 is 10.1 Å². The lowest BCUT2D eigenvalue weighted by Crippen LogP contribution is -2.48. The molecule has 1 aromatic carbocycles. The predicted octanol–water partition coefficient (Wildman–Crippen LogP) is 2.14. The quantitative estimate of drug-likeness (QED) is 0.838. The Morgan fingerprint density at radius 3 is 2.67 bits per heavy atom. The van der Waals surface area contributed by atoms with E-state index in [4.69, 9.17) is 9.47 Å². The molecule has 0 unspecified atom stereocenters. The van der Waals surface area contributed by atoms with Gasteiger partial charge < -0.3 is 14.8 Å². The summed E-state index contributed by atoms with van der Waals surface area (Å²) < 4.78 is 11.0. The summed E-state index contributed by atoms with van der Waals surface area (Å²) in [6, 6.07) is 6.53. The van der Waals surface area contributed by atoms with E-state index in [1.54, 1.807) is 7.11 Å². The van der Waals surface area contributed by atoms with Gasteiger partial charge in [0, 0.05) is 11.0 Å². The van der Waals surface area contributed by atoms with Gasteiger partial charge in [0.25, 0.3) is 0 Å². The third-order valence-electron chi connectivity index (χ3n) is 3.85. The molecule has 1 aliphatic heterocycles. The number of methoxy groups -OCH3 is 1. The van der Waals surface area contributed by atoms with E-state index in [0.29, 0.717) is 0 Å². The van der Waals surface area contributed by atoms with Crippen LogP contribution in [0.15, 0.2) is 18.2 Å². The maximum Gasteiger partial charge on any atom is 0.122 e. The summed E-state index contributed by atoms with van der Waals surface area (Å²) in [5.74, 6) is 0.992. The Labute approximate surface area is 109 Å². The number of nitrogens with one attached hydrogen (secondary N) is 1. The van der Waals surface area contributed by atoms with E-state index in [1.807, 2.05) is 7.05 Å². The number of hydrogen-bond acceptors (Lipinski definition) is 3. The SMILES string of the molecule is CCc1ccc(OC)c(C2(CCNC)COC2)c1. The Bertz CT molecular complexity index is 399. The lowest BCUT2D eigenvalue weighted by atomic mass is 9.74. The second-order valence-corrected chi connectivity index (χ2v) is 5.01. The summed E-state index contributed by atoms with van der Waals surface area (Å²) in [6.45, 7) is 4.79. The van der Waals surface area contributed by atoms with Gasteiger partial charge in [0.05, 0.1) is 20.3 Å². The van der Waals surface area contributed by atoms with Gasteiger partial charge >= 0.3 is 0 Å². The molecule has 3 nitrogen and oxygen atoms in total. The van der Waals surface area contributed by atoms with Crippen molar-refractivity contribution in [1.82, 2.24) is 5.32 Å². The first-order valence-electron chi connectivity index (χ1n) is 6.65. The van der Waals surface area contributed by atoms with E-state index in [-0.39, 0.29) is 5.41 Å². The molecule has 0 aromatic heterocycles. The van der Waals surface area contributed by atoms with Crippen molar-refractivity contribution in [3.63, 3.8) is 0 Å². The standard InChI is InChI=1S/C15H23NO2/c1-4-12-5-6-14(17-3)13(9-12)15(7-8-16-2)10-18-11-15/h5-6,9,16H,4,7-8,10-11H2,1-3H3. The number of ether oxygens (including phenoxy) is 2. The van der Waals surface area contributed by atoms with Crippen molar-refractivity contribution in [2.45, 2.75) is 25.2 Å². The van der Waals surface area contributed by atoms with Crippen LogP contribution in [-0.4, -0.2) is 33.9 Å². The van der Waals surface area contributed by atoms with Crippen molar-refractivity contribution in [1.29, 1.82) is 0 Å². The van der Waals surface area contributed by atoms with Gasteiger partial charge in [-0.2, -0.15) is 0 Å². The molecule has 2 rings (SSSR count). The summed E-state index contributed by atoms with van der Waals surface area (Å²) in [4.78, 5) is 0. The zero-order valence-corrected chi connectivity index (χ0v) is 11.6. The number of rotatable bonds is 6. The van der Waals surface area contributed by atoms with Crippen LogP contribution in [0.4, 0.5) is 0 Å². The predicted molar refractivity (Wildman–Crippen MR) is 73.4 cm³/mol. The Morgan fingerprint density at radius 2 is 2.17 bits per heavy atom. The Kier molecular flexibility index (Phi) is 4.25. The zero-order chi connectivity index (χ0) is 13.0. The van der Waals surface area contributed by atoms with Crippen molar-refractivity contribution >= 4 is 0 Å². The molecule has 0 atom stereocenters. The first-order chi connectivity index (χ1) is 8.75. The average molecular weight is 249 g/mol. The van der Waals surface area contributed by atoms with Crippen LogP contribution in [0.3, 0.4) is 0 Å². The molecule has 1 aliphatic rings. The molecule has 0 amide bonds. The molecule has 1 fully saturated rings. The normalized spacial score (nSPS) is 17.3. The summed E-state index contributed by atoms with van der Waals surface area (Å²) in [5, 5.41) is 3.23. The van der Waals surface area contributed by atoms with Gasteiger partial charge in [0.2, 0.25) is 0 Å². The molecule has 0 saturated carbocycles. The molecular weight excluding hydrogens is 226 g/mol. The second kappa shape index (κ2) is 5.72. The van der Waals surface area contributed by atoms with Crippen LogP contribution in [0.25, 0.3) is 0 Å². The van der Waals surface area contributed by atoms with Crippen molar-refractivity contribution in [3.05, 3.63) is 29.3 Å². The Hall–Kier alpha value is -1.06. The fourth-order valence-corrected chi connectivity index (χ4v) is 2.54. The van der Waals surface area contributed by atoms with Gasteiger partial charge in [0.15, 0.2) is 0 Å². The molecule has 1 aromatic rings. The minimum atomic E-state index is 0.138. The molecule has 100 valence electrons. The van der Waals surface area contributed by atoms with Gasteiger partial charge in [-0.15, -0.1) is 0 Å². The van der Waals surface area contributed by atoms with Crippen LogP contribution in [-0.2, 0) is 16.6 Å². The lowest BCUT2D eigenvalue weighted by molar-refractivity contribution is -0.0647. The van der Waals surface area contributed by atoms with Crippen molar-refractivity contribution < 1.29 is 9.47 Å². The van der Waals surface area contributed by atoms with Gasteiger partial charge in [-0.1, -0.05) is 19.1 Å². The highest BCUT2D eigenvalue weighted by atomic mass is 16.5. The second-order valence-electron chi connectivity index (χ2n) is 5.01. The summed E-state index contributed by atoms with van der Waals surface area (Å²) >= 11 is 0. The van der Waals surface area contributed by atoms with Crippen LogP contribution in [0.1, 0.15) is 24.5 Å². The lowest BCUT2D eigenvalue weighted by Gasteiger charge is -2.43. The van der Waals surface area contributed by atoms with E-state index >= 15 is 0 Å². The average Bonchev–Trinajstić information content (AvgIpc) is 2.37. The van der Waals surface area contributed by atoms with E-state index < -0.39 is 0 Å². The molecule has 1 heterocycles. The summed E-state index contributed by atoms with van der Waals surface area (Å²) in [7, 11) is 3.74. The van der Waals surface area contributed by atoms with E-state index in [1.165, 1.54) is 11.1 Å². The molecule has 0 bridgehead atoms. The van der Waals surface area contributed by atoms with E-state index in [2.05, 4.69) is 30.4 Å². The molecule has 18 heavy (non-hydrogen) atoms. The molecule has 3 heteroatoms. The van der Waals surface area contributed by atoms with Gasteiger partial charge in [-0.25, -0.2) is 0 Å². The maximum absolute atomic E-state index is 5.53. The maximum atomic E-state index is 5.53. The van der Waals surface area contributed by atoms with Gasteiger partial charge in [0.1, 0.15) is 5.75 Å².